The largest absolute Gasteiger partial charge is 0.255 e. The molecule has 0 fully saturated rings. The van der Waals surface area contributed by atoms with E-state index in [9.17, 15) is 0 Å². The topological polar surface area (TPSA) is 25.2 Å². The van der Waals surface area contributed by atoms with E-state index in [0.29, 0.717) is 0 Å². The molecule has 0 bridgehead atoms. The zero-order valence-corrected chi connectivity index (χ0v) is 25.8. The Hall–Kier alpha value is -5.60. The highest BCUT2D eigenvalue weighted by Crippen LogP contribution is 2.40. The van der Waals surface area contributed by atoms with E-state index in [1.165, 1.54) is 54.2 Å². The number of nitrogens with zero attached hydrogens (tertiary/aromatic N) is 2. The van der Waals surface area contributed by atoms with E-state index in [1.807, 2.05) is 49.5 Å². The van der Waals surface area contributed by atoms with Gasteiger partial charge in [-0.15, -0.1) is 0 Å². The summed E-state index contributed by atoms with van der Waals surface area (Å²) in [4.78, 5) is 9.98. The van der Waals surface area contributed by atoms with E-state index in [1.54, 1.807) is 0 Å². The van der Waals surface area contributed by atoms with Crippen molar-refractivity contribution in [3.05, 3.63) is 169 Å². The maximum atomic E-state index is 5.30. The van der Waals surface area contributed by atoms with Gasteiger partial charge in [-0.05, 0) is 98.8 Å². The van der Waals surface area contributed by atoms with E-state index < -0.39 is 0 Å². The number of benzene rings is 6. The summed E-state index contributed by atoms with van der Waals surface area (Å²) in [5, 5.41) is 10.1. The molecule has 0 amide bonds. The third kappa shape index (κ3) is 5.25. The number of aliphatic imine (C=N–C) groups is 1. The second-order valence-electron chi connectivity index (χ2n) is 11.4. The standard InChI is InChI=1S/C43H34N2/c1-4-5-6-15-29(2)43(41-22-13-14-27-44-41)45-30(3)33-25-23-31-16-7-8-17-34(31)42(33)32-24-26-39-37-20-10-9-18-35(37)36-19-11-12-21-38(36)40(39)28-32/h4-28H,1-3H3/b5-4-,15-6-,43-29+,45-30+. The van der Waals surface area contributed by atoms with Gasteiger partial charge in [-0.1, -0.05) is 127 Å². The Morgan fingerprint density at radius 2 is 1.22 bits per heavy atom. The highest BCUT2D eigenvalue weighted by atomic mass is 14.8. The fraction of sp³-hybridized carbons (Fsp3) is 0.0698. The molecule has 0 atom stereocenters. The second kappa shape index (κ2) is 12.2. The molecule has 0 aliphatic heterocycles. The summed E-state index contributed by atoms with van der Waals surface area (Å²) in [6.45, 7) is 6.23. The van der Waals surface area contributed by atoms with Crippen LogP contribution in [0.1, 0.15) is 32.0 Å². The van der Waals surface area contributed by atoms with Crippen LogP contribution in [0.4, 0.5) is 0 Å². The summed E-state index contributed by atoms with van der Waals surface area (Å²) >= 11 is 0. The molecule has 7 aromatic rings. The van der Waals surface area contributed by atoms with Gasteiger partial charge in [0.1, 0.15) is 0 Å². The monoisotopic (exact) mass is 578 g/mol. The molecule has 2 heteroatoms. The Morgan fingerprint density at radius 3 is 1.89 bits per heavy atom. The predicted molar refractivity (Wildman–Crippen MR) is 195 cm³/mol. The first-order valence-electron chi connectivity index (χ1n) is 15.5. The van der Waals surface area contributed by atoms with E-state index in [0.717, 1.165) is 28.2 Å². The number of fused-ring (bicyclic) bond motifs is 7. The third-order valence-electron chi connectivity index (χ3n) is 8.56. The fourth-order valence-corrected chi connectivity index (χ4v) is 6.42. The maximum absolute atomic E-state index is 5.30. The molecule has 0 saturated heterocycles. The van der Waals surface area contributed by atoms with Crippen LogP contribution in [-0.2, 0) is 0 Å². The SMILES string of the molecule is C\C=C/C=C\C(C)=C(\N=C(/C)c1ccc2ccccc2c1-c1ccc2c3ccccc3c3ccccc3c2c1)c1ccccn1. The van der Waals surface area contributed by atoms with Crippen LogP contribution in [0.5, 0.6) is 0 Å². The lowest BCUT2D eigenvalue weighted by Gasteiger charge is -2.17. The molecule has 0 aliphatic rings. The zero-order chi connectivity index (χ0) is 30.8. The van der Waals surface area contributed by atoms with Crippen LogP contribution in [0, 0.1) is 0 Å². The zero-order valence-electron chi connectivity index (χ0n) is 25.8. The molecular weight excluding hydrogens is 544 g/mol. The summed E-state index contributed by atoms with van der Waals surface area (Å²) < 4.78 is 0. The van der Waals surface area contributed by atoms with Crippen molar-refractivity contribution in [2.75, 3.05) is 0 Å². The lowest BCUT2D eigenvalue weighted by molar-refractivity contribution is 1.24. The quantitative estimate of drug-likeness (QED) is 0.109. The van der Waals surface area contributed by atoms with Gasteiger partial charge in [-0.25, -0.2) is 0 Å². The molecule has 0 saturated carbocycles. The molecule has 216 valence electrons. The highest BCUT2D eigenvalue weighted by Gasteiger charge is 2.16. The average molecular weight is 579 g/mol. The molecule has 45 heavy (non-hydrogen) atoms. The number of hydrogen-bond acceptors (Lipinski definition) is 2. The summed E-state index contributed by atoms with van der Waals surface area (Å²) in [6.07, 6.45) is 10.0. The molecule has 2 nitrogen and oxygen atoms in total. The van der Waals surface area contributed by atoms with Gasteiger partial charge in [0.2, 0.25) is 0 Å². The minimum Gasteiger partial charge on any atom is -0.255 e. The van der Waals surface area contributed by atoms with E-state index >= 15 is 0 Å². The van der Waals surface area contributed by atoms with Gasteiger partial charge in [0.05, 0.1) is 11.4 Å². The van der Waals surface area contributed by atoms with Crippen LogP contribution in [0.25, 0.3) is 59.9 Å². The van der Waals surface area contributed by atoms with Gasteiger partial charge in [-0.3, -0.25) is 9.98 Å². The van der Waals surface area contributed by atoms with Crippen molar-refractivity contribution in [2.45, 2.75) is 20.8 Å². The Kier molecular flexibility index (Phi) is 7.63. The predicted octanol–water partition coefficient (Wildman–Crippen LogP) is 11.7. The van der Waals surface area contributed by atoms with Crippen LogP contribution >= 0.6 is 0 Å². The van der Waals surface area contributed by atoms with Crippen molar-refractivity contribution in [3.63, 3.8) is 0 Å². The molecule has 0 N–H and O–H groups in total. The van der Waals surface area contributed by atoms with Crippen LogP contribution in [0.2, 0.25) is 0 Å². The molecular formula is C43H34N2. The van der Waals surface area contributed by atoms with Crippen LogP contribution in [0.15, 0.2) is 162 Å². The van der Waals surface area contributed by atoms with Gasteiger partial charge < -0.3 is 0 Å². The third-order valence-corrected chi connectivity index (χ3v) is 8.56. The first kappa shape index (κ1) is 28.2. The smallest absolute Gasteiger partial charge is 0.0918 e. The number of allylic oxidation sites excluding steroid dienone is 5. The van der Waals surface area contributed by atoms with E-state index in [2.05, 4.69) is 128 Å². The first-order valence-corrected chi connectivity index (χ1v) is 15.5. The Labute approximate surface area is 264 Å². The van der Waals surface area contributed by atoms with Crippen molar-refractivity contribution in [3.8, 4) is 11.1 Å². The molecule has 0 spiro atoms. The van der Waals surface area contributed by atoms with Crippen molar-refractivity contribution < 1.29 is 0 Å². The maximum Gasteiger partial charge on any atom is 0.0918 e. The van der Waals surface area contributed by atoms with Crippen molar-refractivity contribution in [2.24, 2.45) is 4.99 Å². The summed E-state index contributed by atoms with van der Waals surface area (Å²) in [6, 6.07) is 43.5. The van der Waals surface area contributed by atoms with Crippen molar-refractivity contribution in [1.82, 2.24) is 4.98 Å². The molecule has 0 aliphatic carbocycles. The van der Waals surface area contributed by atoms with Crippen molar-refractivity contribution in [1.29, 1.82) is 0 Å². The summed E-state index contributed by atoms with van der Waals surface area (Å²) in [5.41, 5.74) is 7.19. The van der Waals surface area contributed by atoms with Gasteiger partial charge in [0.15, 0.2) is 0 Å². The Bertz CT molecular complexity index is 2300. The minimum absolute atomic E-state index is 0.853. The highest BCUT2D eigenvalue weighted by molar-refractivity contribution is 6.26. The van der Waals surface area contributed by atoms with Crippen LogP contribution < -0.4 is 0 Å². The van der Waals surface area contributed by atoms with Gasteiger partial charge in [-0.2, -0.15) is 0 Å². The van der Waals surface area contributed by atoms with Crippen LogP contribution in [0.3, 0.4) is 0 Å². The minimum atomic E-state index is 0.853. The lowest BCUT2D eigenvalue weighted by atomic mass is 9.88. The van der Waals surface area contributed by atoms with Crippen molar-refractivity contribution >= 4 is 54.5 Å². The molecule has 0 radical (unpaired) electrons. The van der Waals surface area contributed by atoms with E-state index in [4.69, 9.17) is 4.99 Å². The Morgan fingerprint density at radius 1 is 0.600 bits per heavy atom. The summed E-state index contributed by atoms with van der Waals surface area (Å²) in [7, 11) is 0. The van der Waals surface area contributed by atoms with Crippen LogP contribution in [-0.4, -0.2) is 10.7 Å². The Balaban J connectivity index is 1.49. The number of aromatic nitrogens is 1. The number of rotatable bonds is 6. The first-order chi connectivity index (χ1) is 22.1. The molecule has 6 aromatic carbocycles. The molecule has 1 heterocycles. The van der Waals surface area contributed by atoms with E-state index in [-0.39, 0.29) is 0 Å². The van der Waals surface area contributed by atoms with Gasteiger partial charge in [0.25, 0.3) is 0 Å². The normalized spacial score (nSPS) is 13.1. The second-order valence-corrected chi connectivity index (χ2v) is 11.4. The molecule has 0 unspecified atom stereocenters. The molecule has 7 rings (SSSR count). The summed E-state index contributed by atoms with van der Waals surface area (Å²) in [5.74, 6) is 0. The van der Waals surface area contributed by atoms with Gasteiger partial charge in [0, 0.05) is 17.5 Å². The number of pyridine rings is 1. The average Bonchev–Trinajstić information content (AvgIpc) is 3.10. The number of hydrogen-bond donors (Lipinski definition) is 0. The fourth-order valence-electron chi connectivity index (χ4n) is 6.42. The lowest BCUT2D eigenvalue weighted by Crippen LogP contribution is -2.01. The van der Waals surface area contributed by atoms with Gasteiger partial charge >= 0.3 is 0 Å². The molecule has 1 aromatic heterocycles.